The summed E-state index contributed by atoms with van der Waals surface area (Å²) in [5.74, 6) is -1.81. The summed E-state index contributed by atoms with van der Waals surface area (Å²) in [5, 5.41) is 9.24. The summed E-state index contributed by atoms with van der Waals surface area (Å²) < 4.78 is 0. The summed E-state index contributed by atoms with van der Waals surface area (Å²) in [4.78, 5) is 35.4. The van der Waals surface area contributed by atoms with Gasteiger partial charge in [-0.3, -0.25) is 14.4 Å². The number of carbonyl (C=O) groups excluding carboxylic acids is 3. The predicted octanol–water partition coefficient (Wildman–Crippen LogP) is 1.87. The second-order valence-electron chi connectivity index (χ2n) is 6.33. The van der Waals surface area contributed by atoms with E-state index in [0.29, 0.717) is 11.4 Å². The molecule has 0 spiro atoms. The second-order valence-corrected chi connectivity index (χ2v) is 6.33. The average Bonchev–Trinajstić information content (AvgIpc) is 3.07. The highest BCUT2D eigenvalue weighted by Gasteiger charge is 2.17. The Bertz CT molecular complexity index is 661. The van der Waals surface area contributed by atoms with Crippen LogP contribution in [0.1, 0.15) is 44.6 Å². The topological polar surface area (TPSA) is 99.7 Å². The van der Waals surface area contributed by atoms with Crippen molar-refractivity contribution in [3.05, 3.63) is 29.8 Å². The molecule has 1 aromatic rings. The first-order chi connectivity index (χ1) is 11.9. The van der Waals surface area contributed by atoms with E-state index in [2.05, 4.69) is 21.2 Å². The van der Waals surface area contributed by atoms with Gasteiger partial charge < -0.3 is 10.6 Å². The van der Waals surface area contributed by atoms with Gasteiger partial charge in [-0.05, 0) is 38.8 Å². The maximum Gasteiger partial charge on any atom is 0.329 e. The van der Waals surface area contributed by atoms with Gasteiger partial charge in [0, 0.05) is 17.4 Å². The Morgan fingerprint density at radius 3 is 2.36 bits per heavy atom. The molecule has 1 fully saturated rings. The summed E-state index contributed by atoms with van der Waals surface area (Å²) in [7, 11) is 0. The van der Waals surface area contributed by atoms with Gasteiger partial charge in [0.1, 0.15) is 0 Å². The Balaban J connectivity index is 1.76. The van der Waals surface area contributed by atoms with E-state index in [0.717, 1.165) is 31.2 Å². The van der Waals surface area contributed by atoms with E-state index in [1.807, 2.05) is 19.1 Å². The normalized spacial score (nSPS) is 14.9. The van der Waals surface area contributed by atoms with Crippen molar-refractivity contribution in [3.8, 4) is 0 Å². The Morgan fingerprint density at radius 1 is 1.08 bits per heavy atom. The number of nitrogens with zero attached hydrogens (tertiary/aromatic N) is 1. The van der Waals surface area contributed by atoms with Gasteiger partial charge in [-0.15, -0.1) is 0 Å². The molecule has 2 rings (SSSR count). The monoisotopic (exact) mass is 344 g/mol. The molecule has 0 unspecified atom stereocenters. The lowest BCUT2D eigenvalue weighted by molar-refractivity contribution is -0.136. The lowest BCUT2D eigenvalue weighted by Crippen LogP contribution is -2.35. The standard InChI is InChI=1S/C18H24N4O3/c1-12-7-9-15(10-8-12)20-17(24)18(25)22-21-13(2)11-16(23)19-14-5-3-4-6-14/h7-10,14H,3-6,11H2,1-2H3,(H,19,23)(H,20,24)(H,22,25)/b21-13-. The van der Waals surface area contributed by atoms with Gasteiger partial charge in [-0.25, -0.2) is 5.43 Å². The Hall–Kier alpha value is -2.70. The molecule has 0 aromatic heterocycles. The van der Waals surface area contributed by atoms with Crippen molar-refractivity contribution in [1.82, 2.24) is 10.7 Å². The fraction of sp³-hybridized carbons (Fsp3) is 0.444. The second kappa shape index (κ2) is 8.96. The van der Waals surface area contributed by atoms with Crippen LogP contribution in [-0.4, -0.2) is 29.5 Å². The molecule has 0 saturated heterocycles. The van der Waals surface area contributed by atoms with Gasteiger partial charge in [-0.1, -0.05) is 30.5 Å². The molecule has 1 aliphatic carbocycles. The first-order valence-electron chi connectivity index (χ1n) is 8.44. The van der Waals surface area contributed by atoms with Crippen LogP contribution in [0, 0.1) is 6.92 Å². The van der Waals surface area contributed by atoms with Crippen molar-refractivity contribution in [2.75, 3.05) is 5.32 Å². The minimum atomic E-state index is -0.879. The summed E-state index contributed by atoms with van der Waals surface area (Å²) in [6, 6.07) is 7.33. The quantitative estimate of drug-likeness (QED) is 0.432. The summed E-state index contributed by atoms with van der Waals surface area (Å²) >= 11 is 0. The van der Waals surface area contributed by atoms with Crippen LogP contribution in [0.3, 0.4) is 0 Å². The molecule has 0 radical (unpaired) electrons. The minimum Gasteiger partial charge on any atom is -0.353 e. The smallest absolute Gasteiger partial charge is 0.329 e. The van der Waals surface area contributed by atoms with Crippen LogP contribution in [0.15, 0.2) is 29.4 Å². The lowest BCUT2D eigenvalue weighted by atomic mass is 10.2. The highest BCUT2D eigenvalue weighted by atomic mass is 16.2. The number of rotatable bonds is 5. The number of aryl methyl sites for hydroxylation is 1. The first kappa shape index (κ1) is 18.6. The highest BCUT2D eigenvalue weighted by molar-refractivity contribution is 6.39. The third-order valence-corrected chi connectivity index (χ3v) is 4.00. The fourth-order valence-corrected chi connectivity index (χ4v) is 2.64. The van der Waals surface area contributed by atoms with Gasteiger partial charge in [0.15, 0.2) is 0 Å². The molecule has 0 atom stereocenters. The molecule has 0 bridgehead atoms. The Morgan fingerprint density at radius 2 is 1.72 bits per heavy atom. The molecule has 1 aliphatic rings. The Labute approximate surface area is 147 Å². The molecule has 0 heterocycles. The molecule has 1 saturated carbocycles. The van der Waals surface area contributed by atoms with Gasteiger partial charge in [0.2, 0.25) is 5.91 Å². The SMILES string of the molecule is C/C(CC(=O)NC1CCCC1)=N/NC(=O)C(=O)Nc1ccc(C)cc1. The zero-order valence-corrected chi connectivity index (χ0v) is 14.6. The minimum absolute atomic E-state index is 0.0936. The number of anilines is 1. The molecule has 25 heavy (non-hydrogen) atoms. The highest BCUT2D eigenvalue weighted by Crippen LogP contribution is 2.17. The zero-order valence-electron chi connectivity index (χ0n) is 14.6. The zero-order chi connectivity index (χ0) is 18.2. The number of carbonyl (C=O) groups is 3. The van der Waals surface area contributed by atoms with E-state index < -0.39 is 11.8 Å². The van der Waals surface area contributed by atoms with E-state index in [9.17, 15) is 14.4 Å². The number of hydrogen-bond donors (Lipinski definition) is 3. The van der Waals surface area contributed by atoms with Crippen molar-refractivity contribution in [2.24, 2.45) is 5.10 Å². The third-order valence-electron chi connectivity index (χ3n) is 4.00. The summed E-state index contributed by atoms with van der Waals surface area (Å²) in [6.07, 6.45) is 4.40. The number of amides is 3. The first-order valence-corrected chi connectivity index (χ1v) is 8.44. The van der Waals surface area contributed by atoms with Crippen molar-refractivity contribution >= 4 is 29.1 Å². The van der Waals surface area contributed by atoms with Crippen LogP contribution < -0.4 is 16.1 Å². The molecule has 7 heteroatoms. The maximum atomic E-state index is 11.9. The van der Waals surface area contributed by atoms with E-state index in [1.54, 1.807) is 19.1 Å². The maximum absolute atomic E-state index is 11.9. The molecule has 3 amide bonds. The van der Waals surface area contributed by atoms with Crippen molar-refractivity contribution in [2.45, 2.75) is 52.0 Å². The van der Waals surface area contributed by atoms with Gasteiger partial charge in [0.05, 0.1) is 6.42 Å². The van der Waals surface area contributed by atoms with Gasteiger partial charge >= 0.3 is 11.8 Å². The molecule has 134 valence electrons. The molecular formula is C18H24N4O3. The molecule has 3 N–H and O–H groups in total. The van der Waals surface area contributed by atoms with E-state index in [4.69, 9.17) is 0 Å². The summed E-state index contributed by atoms with van der Waals surface area (Å²) in [5.41, 5.74) is 4.19. The van der Waals surface area contributed by atoms with E-state index >= 15 is 0 Å². The number of hydrazone groups is 1. The van der Waals surface area contributed by atoms with Crippen LogP contribution in [-0.2, 0) is 14.4 Å². The van der Waals surface area contributed by atoms with Crippen molar-refractivity contribution < 1.29 is 14.4 Å². The van der Waals surface area contributed by atoms with Crippen LogP contribution in [0.4, 0.5) is 5.69 Å². The van der Waals surface area contributed by atoms with Crippen molar-refractivity contribution in [1.29, 1.82) is 0 Å². The Kier molecular flexibility index (Phi) is 6.68. The van der Waals surface area contributed by atoms with Crippen molar-refractivity contribution in [3.63, 3.8) is 0 Å². The molecular weight excluding hydrogens is 320 g/mol. The average molecular weight is 344 g/mol. The number of hydrogen-bond acceptors (Lipinski definition) is 4. The number of benzene rings is 1. The third kappa shape index (κ3) is 6.37. The molecule has 1 aromatic carbocycles. The molecule has 0 aliphatic heterocycles. The predicted molar refractivity (Wildman–Crippen MR) is 96.1 cm³/mol. The molecule has 7 nitrogen and oxygen atoms in total. The van der Waals surface area contributed by atoms with Gasteiger partial charge in [0.25, 0.3) is 0 Å². The largest absolute Gasteiger partial charge is 0.353 e. The van der Waals surface area contributed by atoms with Crippen LogP contribution in [0.5, 0.6) is 0 Å². The lowest BCUT2D eigenvalue weighted by Gasteiger charge is -2.11. The number of nitrogens with one attached hydrogen (secondary N) is 3. The van der Waals surface area contributed by atoms with Crippen LogP contribution in [0.2, 0.25) is 0 Å². The van der Waals surface area contributed by atoms with E-state index in [-0.39, 0.29) is 18.4 Å². The van der Waals surface area contributed by atoms with E-state index in [1.165, 1.54) is 0 Å². The van der Waals surface area contributed by atoms with Crippen LogP contribution in [0.25, 0.3) is 0 Å². The van der Waals surface area contributed by atoms with Gasteiger partial charge in [-0.2, -0.15) is 5.10 Å². The van der Waals surface area contributed by atoms with Crippen LogP contribution >= 0.6 is 0 Å². The summed E-state index contributed by atoms with van der Waals surface area (Å²) in [6.45, 7) is 3.56. The fourth-order valence-electron chi connectivity index (χ4n) is 2.64.